The smallest absolute Gasteiger partial charge is 0.227 e. The number of para-hydroxylation sites is 1. The van der Waals surface area contributed by atoms with E-state index in [9.17, 15) is 9.59 Å². The Hall–Kier alpha value is -3.24. The lowest BCUT2D eigenvalue weighted by Crippen LogP contribution is -2.32. The van der Waals surface area contributed by atoms with Gasteiger partial charge in [-0.25, -0.2) is 0 Å². The number of rotatable bonds is 9. The van der Waals surface area contributed by atoms with Gasteiger partial charge in [0.1, 0.15) is 11.5 Å². The van der Waals surface area contributed by atoms with Crippen molar-refractivity contribution in [3.8, 4) is 17.6 Å². The van der Waals surface area contributed by atoms with Crippen LogP contribution in [-0.4, -0.2) is 32.6 Å². The number of anilines is 2. The molecule has 0 radical (unpaired) electrons. The lowest BCUT2D eigenvalue weighted by atomic mass is 10.2. The van der Waals surface area contributed by atoms with Gasteiger partial charge in [-0.15, -0.1) is 0 Å². The molecule has 0 aliphatic rings. The molecule has 2 aromatic rings. The summed E-state index contributed by atoms with van der Waals surface area (Å²) in [7, 11) is 2.95. The van der Waals surface area contributed by atoms with Crippen LogP contribution < -0.4 is 19.7 Å². The first-order chi connectivity index (χ1) is 14.0. The highest BCUT2D eigenvalue weighted by Gasteiger charge is 2.18. The van der Waals surface area contributed by atoms with E-state index in [1.807, 2.05) is 24.3 Å². The Morgan fingerprint density at radius 1 is 1.10 bits per heavy atom. The summed E-state index contributed by atoms with van der Waals surface area (Å²) in [5.74, 6) is 0.228. The quantitative estimate of drug-likeness (QED) is 0.667. The fraction of sp³-hybridized carbons (Fsp3) is 0.286. The monoisotopic (exact) mass is 415 g/mol. The average molecular weight is 416 g/mol. The Balaban J connectivity index is 2.03. The predicted molar refractivity (Wildman–Crippen MR) is 111 cm³/mol. The second kappa shape index (κ2) is 10.9. The van der Waals surface area contributed by atoms with E-state index >= 15 is 0 Å². The van der Waals surface area contributed by atoms with Crippen molar-refractivity contribution in [2.75, 3.05) is 31.0 Å². The second-order valence-corrected chi connectivity index (χ2v) is 6.43. The minimum absolute atomic E-state index is 0.00163. The first-order valence-electron chi connectivity index (χ1n) is 8.94. The molecule has 0 aliphatic carbocycles. The van der Waals surface area contributed by atoms with Crippen molar-refractivity contribution in [2.24, 2.45) is 0 Å². The molecule has 0 saturated carbocycles. The van der Waals surface area contributed by atoms with Crippen LogP contribution in [0.1, 0.15) is 19.3 Å². The average Bonchev–Trinajstić information content (AvgIpc) is 2.73. The largest absolute Gasteiger partial charge is 0.495 e. The highest BCUT2D eigenvalue weighted by Crippen LogP contribution is 2.36. The minimum atomic E-state index is -0.355. The molecule has 0 spiro atoms. The maximum absolute atomic E-state index is 12.6. The molecule has 8 heteroatoms. The van der Waals surface area contributed by atoms with Crippen LogP contribution in [-0.2, 0) is 9.59 Å². The molecule has 2 amide bonds. The van der Waals surface area contributed by atoms with Gasteiger partial charge in [0.15, 0.2) is 0 Å². The molecule has 0 aromatic heterocycles. The summed E-state index contributed by atoms with van der Waals surface area (Å²) in [6.07, 6.45) is 0.175. The third-order valence-corrected chi connectivity index (χ3v) is 4.43. The van der Waals surface area contributed by atoms with E-state index in [-0.39, 0.29) is 37.6 Å². The van der Waals surface area contributed by atoms with Crippen LogP contribution in [0.5, 0.6) is 11.5 Å². The van der Waals surface area contributed by atoms with Crippen LogP contribution in [0.25, 0.3) is 0 Å². The number of hydrogen-bond acceptors (Lipinski definition) is 5. The van der Waals surface area contributed by atoms with Crippen LogP contribution in [0, 0.1) is 11.3 Å². The van der Waals surface area contributed by atoms with Crippen LogP contribution >= 0.6 is 11.6 Å². The molecular formula is C21H22ClN3O4. The molecule has 29 heavy (non-hydrogen) atoms. The number of halogens is 1. The summed E-state index contributed by atoms with van der Waals surface area (Å²) in [5.41, 5.74) is 1.08. The first kappa shape index (κ1) is 22.1. The molecule has 2 aromatic carbocycles. The SMILES string of the molecule is COc1cc(OC)c(NC(=O)CCC(=O)N(CCC#N)c2ccccc2)cc1Cl. The molecule has 0 unspecified atom stereocenters. The number of hydrogen-bond donors (Lipinski definition) is 1. The number of nitrogens with zero attached hydrogens (tertiary/aromatic N) is 2. The third-order valence-electron chi connectivity index (χ3n) is 4.13. The summed E-state index contributed by atoms with van der Waals surface area (Å²) in [6.45, 7) is 0.267. The Labute approximate surface area is 174 Å². The summed E-state index contributed by atoms with van der Waals surface area (Å²) in [5, 5.41) is 11.9. The van der Waals surface area contributed by atoms with Crippen molar-refractivity contribution in [3.05, 3.63) is 47.5 Å². The van der Waals surface area contributed by atoms with Crippen molar-refractivity contribution in [1.82, 2.24) is 0 Å². The summed E-state index contributed by atoms with van der Waals surface area (Å²) >= 11 is 6.11. The van der Waals surface area contributed by atoms with Gasteiger partial charge in [0.05, 0.1) is 37.4 Å². The van der Waals surface area contributed by atoms with Gasteiger partial charge in [0.25, 0.3) is 0 Å². The van der Waals surface area contributed by atoms with Crippen LogP contribution in [0.4, 0.5) is 11.4 Å². The van der Waals surface area contributed by atoms with Crippen molar-refractivity contribution in [2.45, 2.75) is 19.3 Å². The Morgan fingerprint density at radius 3 is 2.41 bits per heavy atom. The fourth-order valence-electron chi connectivity index (χ4n) is 2.69. The van der Waals surface area contributed by atoms with Gasteiger partial charge >= 0.3 is 0 Å². The number of benzene rings is 2. The van der Waals surface area contributed by atoms with E-state index in [4.69, 9.17) is 26.3 Å². The molecule has 0 aliphatic heterocycles. The molecule has 0 fully saturated rings. The highest BCUT2D eigenvalue weighted by atomic mass is 35.5. The molecule has 0 atom stereocenters. The van der Waals surface area contributed by atoms with Gasteiger partial charge in [-0.3, -0.25) is 9.59 Å². The first-order valence-corrected chi connectivity index (χ1v) is 9.31. The van der Waals surface area contributed by atoms with E-state index in [2.05, 4.69) is 5.32 Å². The topological polar surface area (TPSA) is 91.7 Å². The zero-order valence-electron chi connectivity index (χ0n) is 16.3. The zero-order valence-corrected chi connectivity index (χ0v) is 17.0. The van der Waals surface area contributed by atoms with Crippen molar-refractivity contribution in [1.29, 1.82) is 5.26 Å². The molecule has 2 rings (SSSR count). The van der Waals surface area contributed by atoms with Crippen molar-refractivity contribution in [3.63, 3.8) is 0 Å². The van der Waals surface area contributed by atoms with Gasteiger partial charge in [0, 0.05) is 31.1 Å². The Bertz CT molecular complexity index is 897. The molecular weight excluding hydrogens is 394 g/mol. The number of carbonyl (C=O) groups excluding carboxylic acids is 2. The maximum atomic E-state index is 12.6. The van der Waals surface area contributed by atoms with E-state index in [0.29, 0.717) is 27.9 Å². The zero-order chi connectivity index (χ0) is 21.2. The molecule has 7 nitrogen and oxygen atoms in total. The third kappa shape index (κ3) is 6.13. The summed E-state index contributed by atoms with van der Waals surface area (Å²) in [4.78, 5) is 26.5. The number of ether oxygens (including phenoxy) is 2. The summed E-state index contributed by atoms with van der Waals surface area (Å²) in [6, 6.07) is 14.2. The number of carbonyl (C=O) groups is 2. The summed E-state index contributed by atoms with van der Waals surface area (Å²) < 4.78 is 10.4. The predicted octanol–water partition coefficient (Wildman–Crippen LogP) is 4.02. The van der Waals surface area contributed by atoms with E-state index in [0.717, 1.165) is 0 Å². The van der Waals surface area contributed by atoms with Crippen LogP contribution in [0.3, 0.4) is 0 Å². The number of amides is 2. The lowest BCUT2D eigenvalue weighted by molar-refractivity contribution is -0.122. The Morgan fingerprint density at radius 2 is 1.79 bits per heavy atom. The lowest BCUT2D eigenvalue weighted by Gasteiger charge is -2.21. The van der Waals surface area contributed by atoms with Crippen molar-refractivity contribution < 1.29 is 19.1 Å². The minimum Gasteiger partial charge on any atom is -0.495 e. The van der Waals surface area contributed by atoms with Gasteiger partial charge in [-0.1, -0.05) is 29.8 Å². The standard InChI is InChI=1S/C21H22ClN3O4/c1-28-18-14-19(29-2)17(13-16(18)22)24-20(26)9-10-21(27)25(12-6-11-23)15-7-4-3-5-8-15/h3-5,7-8,13-14H,6,9-10,12H2,1-2H3,(H,24,26). The maximum Gasteiger partial charge on any atom is 0.227 e. The molecule has 0 bridgehead atoms. The van der Waals surface area contributed by atoms with Crippen molar-refractivity contribution >= 4 is 34.8 Å². The van der Waals surface area contributed by atoms with Gasteiger partial charge < -0.3 is 19.7 Å². The number of nitriles is 1. The molecule has 152 valence electrons. The molecule has 0 heterocycles. The van der Waals surface area contributed by atoms with E-state index in [1.165, 1.54) is 25.2 Å². The normalized spacial score (nSPS) is 10.0. The van der Waals surface area contributed by atoms with Gasteiger partial charge in [-0.05, 0) is 18.2 Å². The van der Waals surface area contributed by atoms with Crippen LogP contribution in [0.15, 0.2) is 42.5 Å². The van der Waals surface area contributed by atoms with Gasteiger partial charge in [0.2, 0.25) is 11.8 Å². The second-order valence-electron chi connectivity index (χ2n) is 6.02. The van der Waals surface area contributed by atoms with E-state index < -0.39 is 0 Å². The van der Waals surface area contributed by atoms with E-state index in [1.54, 1.807) is 18.2 Å². The molecule has 1 N–H and O–H groups in total. The Kier molecular flexibility index (Phi) is 8.31. The fourth-order valence-corrected chi connectivity index (χ4v) is 2.93. The van der Waals surface area contributed by atoms with Crippen LogP contribution in [0.2, 0.25) is 5.02 Å². The highest BCUT2D eigenvalue weighted by molar-refractivity contribution is 6.32. The number of methoxy groups -OCH3 is 2. The molecule has 0 saturated heterocycles. The van der Waals surface area contributed by atoms with Gasteiger partial charge in [-0.2, -0.15) is 5.26 Å². The number of nitrogens with one attached hydrogen (secondary N) is 1.